The van der Waals surface area contributed by atoms with E-state index in [0.29, 0.717) is 33.1 Å². The molecule has 3 heterocycles. The summed E-state index contributed by atoms with van der Waals surface area (Å²) in [5.41, 5.74) is 8.50. The van der Waals surface area contributed by atoms with E-state index in [1.165, 1.54) is 23.5 Å². The number of benzene rings is 2. The van der Waals surface area contributed by atoms with Crippen LogP contribution in [0.2, 0.25) is 5.02 Å². The highest BCUT2D eigenvalue weighted by molar-refractivity contribution is 7.89. The van der Waals surface area contributed by atoms with Gasteiger partial charge >= 0.3 is 0 Å². The van der Waals surface area contributed by atoms with Crippen molar-refractivity contribution in [2.75, 3.05) is 11.1 Å². The number of aromatic nitrogens is 3. The molecular weight excluding hydrogens is 504 g/mol. The molecule has 1 unspecified atom stereocenters. The molecule has 2 aromatic heterocycles. The van der Waals surface area contributed by atoms with Crippen molar-refractivity contribution >= 4 is 61.8 Å². The monoisotopic (exact) mass is 518 g/mol. The Hall–Kier alpha value is -3.03. The number of halogens is 1. The molecule has 0 saturated carbocycles. The topological polar surface area (TPSA) is 149 Å². The zero-order valence-electron chi connectivity index (χ0n) is 16.6. The second-order valence-electron chi connectivity index (χ2n) is 7.14. The fraction of sp³-hybridized carbons (Fsp3) is 0.0500. The van der Waals surface area contributed by atoms with Crippen LogP contribution < -0.4 is 20.9 Å². The number of thiazole rings is 1. The number of fused-ring (bicyclic) bond motifs is 2. The summed E-state index contributed by atoms with van der Waals surface area (Å²) in [7, 11) is -3.77. The average Bonchev–Trinajstić information content (AvgIpc) is 3.14. The second-order valence-corrected chi connectivity index (χ2v) is 10.6. The van der Waals surface area contributed by atoms with Gasteiger partial charge in [0.1, 0.15) is 5.82 Å². The number of rotatable bonds is 4. The van der Waals surface area contributed by atoms with Gasteiger partial charge in [-0.2, -0.15) is 9.97 Å². The third-order valence-electron chi connectivity index (χ3n) is 4.97. The molecule has 0 fully saturated rings. The fourth-order valence-corrected chi connectivity index (χ4v) is 5.40. The molecule has 0 spiro atoms. The molecule has 33 heavy (non-hydrogen) atoms. The molecule has 0 bridgehead atoms. The predicted octanol–water partition coefficient (Wildman–Crippen LogP) is 4.51. The first-order chi connectivity index (χ1) is 15.7. The first-order valence-corrected chi connectivity index (χ1v) is 12.6. The Morgan fingerprint density at radius 2 is 1.79 bits per heavy atom. The van der Waals surface area contributed by atoms with Gasteiger partial charge in [-0.25, -0.2) is 13.6 Å². The Kier molecular flexibility index (Phi) is 5.34. The lowest BCUT2D eigenvalue weighted by Gasteiger charge is -2.25. The van der Waals surface area contributed by atoms with Crippen LogP contribution in [0.15, 0.2) is 53.4 Å². The summed E-state index contributed by atoms with van der Waals surface area (Å²) in [5, 5.41) is 9.47. The van der Waals surface area contributed by atoms with Gasteiger partial charge in [0.25, 0.3) is 0 Å². The quantitative estimate of drug-likeness (QED) is 0.254. The lowest BCUT2D eigenvalue weighted by molar-refractivity contribution is 0.420. The zero-order valence-corrected chi connectivity index (χ0v) is 19.8. The molecule has 1 aliphatic heterocycles. The fourth-order valence-electron chi connectivity index (χ4n) is 3.51. The van der Waals surface area contributed by atoms with Crippen LogP contribution in [0.1, 0.15) is 21.9 Å². The van der Waals surface area contributed by atoms with E-state index in [9.17, 15) is 8.42 Å². The lowest BCUT2D eigenvalue weighted by atomic mass is 9.89. The average molecular weight is 519 g/mol. The number of nitrogens with one attached hydrogen (secondary N) is 2. The van der Waals surface area contributed by atoms with E-state index < -0.39 is 10.0 Å². The third kappa shape index (κ3) is 4.18. The van der Waals surface area contributed by atoms with Crippen LogP contribution in [0.4, 0.5) is 16.6 Å². The van der Waals surface area contributed by atoms with Crippen molar-refractivity contribution < 1.29 is 13.2 Å². The molecule has 5 rings (SSSR count). The minimum absolute atomic E-state index is 0.0191. The van der Waals surface area contributed by atoms with Crippen molar-refractivity contribution in [3.8, 4) is 11.8 Å². The minimum Gasteiger partial charge on any atom is -0.419 e. The van der Waals surface area contributed by atoms with Crippen LogP contribution in [0.5, 0.6) is 11.8 Å². The number of nitrogens with zero attached hydrogens (tertiary/aromatic N) is 2. The van der Waals surface area contributed by atoms with Crippen molar-refractivity contribution in [2.45, 2.75) is 10.8 Å². The number of nitrogens with two attached hydrogens (primary N) is 2. The number of hydrogen-bond donors (Lipinski definition) is 4. The van der Waals surface area contributed by atoms with Gasteiger partial charge in [0.2, 0.25) is 26.6 Å². The Bertz CT molecular complexity index is 1530. The molecule has 0 saturated heterocycles. The van der Waals surface area contributed by atoms with Crippen LogP contribution in [0.25, 0.3) is 0 Å². The second kappa shape index (κ2) is 8.08. The van der Waals surface area contributed by atoms with Crippen LogP contribution >= 0.6 is 35.2 Å². The number of hydrogen-bond acceptors (Lipinski definition) is 9. The van der Waals surface area contributed by atoms with Gasteiger partial charge in [0.15, 0.2) is 5.13 Å². The van der Waals surface area contributed by atoms with Crippen molar-refractivity contribution in [1.29, 1.82) is 0 Å². The number of aromatic amines is 1. The van der Waals surface area contributed by atoms with Gasteiger partial charge in [0, 0.05) is 10.7 Å². The molecule has 0 aliphatic carbocycles. The van der Waals surface area contributed by atoms with E-state index in [2.05, 4.69) is 20.3 Å². The summed E-state index contributed by atoms with van der Waals surface area (Å²) in [4.78, 5) is 12.6. The Balaban J connectivity index is 1.57. The normalized spacial score (nSPS) is 14.8. The van der Waals surface area contributed by atoms with Gasteiger partial charge in [0.05, 0.1) is 21.3 Å². The van der Waals surface area contributed by atoms with Crippen molar-refractivity contribution in [3.05, 3.63) is 74.3 Å². The number of nitrogen functional groups attached to an aromatic ring is 1. The van der Waals surface area contributed by atoms with Crippen LogP contribution in [0.3, 0.4) is 0 Å². The van der Waals surface area contributed by atoms with Gasteiger partial charge in [-0.05, 0) is 54.2 Å². The van der Waals surface area contributed by atoms with Gasteiger partial charge in [-0.1, -0.05) is 35.1 Å². The molecule has 13 heteroatoms. The highest BCUT2D eigenvalue weighted by atomic mass is 35.5. The summed E-state index contributed by atoms with van der Waals surface area (Å²) >= 11 is 12.6. The molecule has 1 aliphatic rings. The van der Waals surface area contributed by atoms with Crippen LogP contribution in [-0.4, -0.2) is 23.4 Å². The number of anilines is 3. The maximum Gasteiger partial charge on any atom is 0.238 e. The number of sulfonamides is 1. The number of H-pyrrole nitrogens is 1. The molecule has 1 atom stereocenters. The smallest absolute Gasteiger partial charge is 0.238 e. The zero-order chi connectivity index (χ0) is 23.3. The summed E-state index contributed by atoms with van der Waals surface area (Å²) in [6, 6.07) is 13.5. The first-order valence-electron chi connectivity index (χ1n) is 9.42. The summed E-state index contributed by atoms with van der Waals surface area (Å²) < 4.78 is 29.1. The summed E-state index contributed by atoms with van der Waals surface area (Å²) in [6.07, 6.45) is 0. The maximum atomic E-state index is 11.5. The first kappa shape index (κ1) is 21.8. The highest BCUT2D eigenvalue weighted by Gasteiger charge is 2.35. The molecule has 168 valence electrons. The lowest BCUT2D eigenvalue weighted by Crippen LogP contribution is -2.15. The van der Waals surface area contributed by atoms with E-state index >= 15 is 0 Å². The SMILES string of the molecule is Nc1[nH]c(=S)nc2c1C(c1ccc(Cl)cc1)c1sc(Nc3ccc(S(N)(=O)=O)cc3)nc1O2. The Morgan fingerprint density at radius 3 is 2.45 bits per heavy atom. The van der Waals surface area contributed by atoms with Crippen molar-refractivity contribution in [1.82, 2.24) is 15.0 Å². The van der Waals surface area contributed by atoms with Crippen molar-refractivity contribution in [2.24, 2.45) is 5.14 Å². The Labute approximate surface area is 202 Å². The van der Waals surface area contributed by atoms with E-state index in [4.69, 9.17) is 39.4 Å². The molecule has 2 aromatic carbocycles. The predicted molar refractivity (Wildman–Crippen MR) is 130 cm³/mol. The standard InChI is InChI=1S/C20H15ClN6O3S3/c21-10-3-1-9(2-4-10)13-14-16(22)25-19(31)26-17(14)30-18-15(13)32-20(27-18)24-11-5-7-12(8-6-11)33(23,28)29/h1-8,13H,(H,24,27)(H2,23,28,29)(H3,22,25,26,31). The molecular formula is C20H15ClN6O3S3. The van der Waals surface area contributed by atoms with Gasteiger partial charge < -0.3 is 20.8 Å². The van der Waals surface area contributed by atoms with E-state index in [0.717, 1.165) is 10.4 Å². The highest BCUT2D eigenvalue weighted by Crippen LogP contribution is 2.51. The number of primary sulfonamides is 1. The molecule has 6 N–H and O–H groups in total. The third-order valence-corrected chi connectivity index (χ3v) is 7.36. The molecule has 0 amide bonds. The van der Waals surface area contributed by atoms with Gasteiger partial charge in [-0.15, -0.1) is 0 Å². The molecule has 4 aromatic rings. The Morgan fingerprint density at radius 1 is 1.09 bits per heavy atom. The summed E-state index contributed by atoms with van der Waals surface area (Å²) in [5.74, 6) is 0.719. The van der Waals surface area contributed by atoms with E-state index in [-0.39, 0.29) is 21.5 Å². The summed E-state index contributed by atoms with van der Waals surface area (Å²) in [6.45, 7) is 0. The van der Waals surface area contributed by atoms with E-state index in [1.807, 2.05) is 12.1 Å². The molecule has 0 radical (unpaired) electrons. The van der Waals surface area contributed by atoms with Crippen molar-refractivity contribution in [3.63, 3.8) is 0 Å². The van der Waals surface area contributed by atoms with Gasteiger partial charge in [-0.3, -0.25) is 0 Å². The maximum absolute atomic E-state index is 11.5. The number of ether oxygens (including phenoxy) is 1. The molecule has 9 nitrogen and oxygen atoms in total. The van der Waals surface area contributed by atoms with Crippen LogP contribution in [-0.2, 0) is 10.0 Å². The van der Waals surface area contributed by atoms with E-state index in [1.54, 1.807) is 24.3 Å². The minimum atomic E-state index is -3.77. The van der Waals surface area contributed by atoms with Crippen LogP contribution in [0, 0.1) is 4.77 Å². The largest absolute Gasteiger partial charge is 0.419 e.